The Balaban J connectivity index is 2.24. The summed E-state index contributed by atoms with van der Waals surface area (Å²) in [6.45, 7) is 4.83. The Morgan fingerprint density at radius 2 is 2.09 bits per heavy atom. The average Bonchev–Trinajstić information content (AvgIpc) is 2.59. The van der Waals surface area contributed by atoms with Gasteiger partial charge in [-0.1, -0.05) is 0 Å². The van der Waals surface area contributed by atoms with Crippen molar-refractivity contribution in [2.75, 3.05) is 38.2 Å². The Labute approximate surface area is 142 Å². The van der Waals surface area contributed by atoms with Gasteiger partial charge < -0.3 is 16.0 Å². The fourth-order valence-electron chi connectivity index (χ4n) is 1.85. The number of carbonyl (C=O) groups excluding carboxylic acids is 1. The molecule has 6 nitrogen and oxygen atoms in total. The van der Waals surface area contributed by atoms with E-state index in [0.29, 0.717) is 18.7 Å². The lowest BCUT2D eigenvalue weighted by Gasteiger charge is -2.11. The normalized spacial score (nSPS) is 11.1. The molecule has 0 aromatic carbocycles. The molecule has 0 saturated heterocycles. The summed E-state index contributed by atoms with van der Waals surface area (Å²) in [4.78, 5) is 20.3. The van der Waals surface area contributed by atoms with Crippen LogP contribution in [-0.2, 0) is 0 Å². The highest BCUT2D eigenvalue weighted by Gasteiger charge is 2.03. The standard InChI is InChI=1S/C16H27N5OS/c1-3-18-16(20-9-4-5-12-23-2)21-11-10-19-15(22)14-7-6-8-17-13-14/h6-8,13H,3-5,9-12H2,1-2H3,(H,19,22)(H2,18,20,21). The fourth-order valence-corrected chi connectivity index (χ4v) is 2.34. The summed E-state index contributed by atoms with van der Waals surface area (Å²) in [5, 5.41) is 9.28. The van der Waals surface area contributed by atoms with Crippen molar-refractivity contribution < 1.29 is 4.79 Å². The number of hydrogen-bond acceptors (Lipinski definition) is 4. The van der Waals surface area contributed by atoms with E-state index in [0.717, 1.165) is 25.5 Å². The third-order valence-corrected chi connectivity index (χ3v) is 3.69. The molecule has 0 unspecified atom stereocenters. The van der Waals surface area contributed by atoms with E-state index < -0.39 is 0 Å². The van der Waals surface area contributed by atoms with Crippen LogP contribution < -0.4 is 16.0 Å². The van der Waals surface area contributed by atoms with E-state index in [1.807, 2.05) is 18.7 Å². The number of unbranched alkanes of at least 4 members (excludes halogenated alkanes) is 1. The summed E-state index contributed by atoms with van der Waals surface area (Å²) >= 11 is 1.86. The van der Waals surface area contributed by atoms with Crippen LogP contribution in [0.15, 0.2) is 29.5 Å². The van der Waals surface area contributed by atoms with Crippen LogP contribution in [-0.4, -0.2) is 55.0 Å². The molecule has 0 aliphatic heterocycles. The van der Waals surface area contributed by atoms with Gasteiger partial charge in [-0.15, -0.1) is 0 Å². The summed E-state index contributed by atoms with van der Waals surface area (Å²) in [6, 6.07) is 3.50. The number of aromatic nitrogens is 1. The molecule has 3 N–H and O–H groups in total. The van der Waals surface area contributed by atoms with E-state index in [4.69, 9.17) is 0 Å². The fraction of sp³-hybridized carbons (Fsp3) is 0.562. The van der Waals surface area contributed by atoms with Crippen LogP contribution in [0, 0.1) is 0 Å². The van der Waals surface area contributed by atoms with Gasteiger partial charge in [0.25, 0.3) is 5.91 Å². The Kier molecular flexibility index (Phi) is 10.7. The third-order valence-electron chi connectivity index (χ3n) is 3.00. The van der Waals surface area contributed by atoms with Gasteiger partial charge in [-0.3, -0.25) is 14.8 Å². The predicted molar refractivity (Wildman–Crippen MR) is 98.2 cm³/mol. The Bertz CT molecular complexity index is 467. The van der Waals surface area contributed by atoms with Crippen molar-refractivity contribution >= 4 is 23.6 Å². The number of carbonyl (C=O) groups is 1. The smallest absolute Gasteiger partial charge is 0.252 e. The van der Waals surface area contributed by atoms with Gasteiger partial charge in [0.1, 0.15) is 0 Å². The second-order valence-corrected chi connectivity index (χ2v) is 5.87. The van der Waals surface area contributed by atoms with E-state index in [1.165, 1.54) is 12.2 Å². The van der Waals surface area contributed by atoms with Crippen LogP contribution in [0.1, 0.15) is 30.1 Å². The van der Waals surface area contributed by atoms with Crippen molar-refractivity contribution in [1.29, 1.82) is 0 Å². The number of amides is 1. The molecule has 1 amide bonds. The molecule has 0 aliphatic carbocycles. The number of aliphatic imine (C=N–C) groups is 1. The summed E-state index contributed by atoms with van der Waals surface area (Å²) in [7, 11) is 0. The first-order valence-electron chi connectivity index (χ1n) is 7.97. The van der Waals surface area contributed by atoms with Gasteiger partial charge in [-0.05, 0) is 43.9 Å². The van der Waals surface area contributed by atoms with Gasteiger partial charge in [0.05, 0.1) is 5.56 Å². The minimum Gasteiger partial charge on any atom is -0.357 e. The number of guanidine groups is 1. The first-order valence-corrected chi connectivity index (χ1v) is 9.36. The second kappa shape index (κ2) is 12.8. The lowest BCUT2D eigenvalue weighted by atomic mass is 10.3. The van der Waals surface area contributed by atoms with Crippen molar-refractivity contribution in [2.24, 2.45) is 4.99 Å². The molecule has 23 heavy (non-hydrogen) atoms. The van der Waals surface area contributed by atoms with E-state index in [9.17, 15) is 4.79 Å². The largest absolute Gasteiger partial charge is 0.357 e. The molecule has 7 heteroatoms. The molecular weight excluding hydrogens is 310 g/mol. The van der Waals surface area contributed by atoms with Gasteiger partial charge in [-0.25, -0.2) is 0 Å². The Morgan fingerprint density at radius 1 is 1.26 bits per heavy atom. The van der Waals surface area contributed by atoms with Gasteiger partial charge in [-0.2, -0.15) is 11.8 Å². The first kappa shape index (κ1) is 19.3. The maximum Gasteiger partial charge on any atom is 0.252 e. The minimum atomic E-state index is -0.112. The lowest BCUT2D eigenvalue weighted by Crippen LogP contribution is -2.41. The number of pyridine rings is 1. The van der Waals surface area contributed by atoms with Gasteiger partial charge in [0, 0.05) is 38.6 Å². The zero-order chi connectivity index (χ0) is 16.8. The van der Waals surface area contributed by atoms with Crippen LogP contribution in [0.2, 0.25) is 0 Å². The molecular formula is C16H27N5OS. The highest BCUT2D eigenvalue weighted by Crippen LogP contribution is 1.99. The average molecular weight is 337 g/mol. The summed E-state index contributed by atoms with van der Waals surface area (Å²) in [5.74, 6) is 1.87. The molecule has 1 aromatic rings. The second-order valence-electron chi connectivity index (χ2n) is 4.88. The molecule has 0 bridgehead atoms. The van der Waals surface area contributed by atoms with Gasteiger partial charge in [0.2, 0.25) is 0 Å². The van der Waals surface area contributed by atoms with Crippen molar-refractivity contribution in [3.05, 3.63) is 30.1 Å². The van der Waals surface area contributed by atoms with Gasteiger partial charge in [0.15, 0.2) is 5.96 Å². The zero-order valence-corrected chi connectivity index (χ0v) is 14.8. The number of thioether (sulfide) groups is 1. The molecule has 0 spiro atoms. The van der Waals surface area contributed by atoms with Gasteiger partial charge >= 0.3 is 0 Å². The lowest BCUT2D eigenvalue weighted by molar-refractivity contribution is 0.0954. The van der Waals surface area contributed by atoms with E-state index in [2.05, 4.69) is 32.2 Å². The van der Waals surface area contributed by atoms with Crippen LogP contribution in [0.25, 0.3) is 0 Å². The molecule has 0 fully saturated rings. The minimum absolute atomic E-state index is 0.112. The molecule has 0 aliphatic rings. The highest BCUT2D eigenvalue weighted by atomic mass is 32.2. The van der Waals surface area contributed by atoms with Crippen LogP contribution in [0.3, 0.4) is 0 Å². The third kappa shape index (κ3) is 9.07. The van der Waals surface area contributed by atoms with Crippen LogP contribution >= 0.6 is 11.8 Å². The van der Waals surface area contributed by atoms with Crippen molar-refractivity contribution in [2.45, 2.75) is 19.8 Å². The summed E-state index contributed by atoms with van der Waals surface area (Å²) in [6.07, 6.45) is 7.61. The topological polar surface area (TPSA) is 78.4 Å². The molecule has 1 rings (SSSR count). The van der Waals surface area contributed by atoms with Crippen LogP contribution in [0.5, 0.6) is 0 Å². The van der Waals surface area contributed by atoms with Crippen molar-refractivity contribution in [3.8, 4) is 0 Å². The Hall–Kier alpha value is -1.76. The summed E-state index contributed by atoms with van der Waals surface area (Å²) < 4.78 is 0. The zero-order valence-electron chi connectivity index (χ0n) is 14.0. The van der Waals surface area contributed by atoms with E-state index >= 15 is 0 Å². The molecule has 0 saturated carbocycles. The van der Waals surface area contributed by atoms with Crippen molar-refractivity contribution in [3.63, 3.8) is 0 Å². The molecule has 0 atom stereocenters. The molecule has 128 valence electrons. The maximum atomic E-state index is 11.9. The number of nitrogens with zero attached hydrogens (tertiary/aromatic N) is 2. The first-order chi connectivity index (χ1) is 11.3. The van der Waals surface area contributed by atoms with Crippen molar-refractivity contribution in [1.82, 2.24) is 20.9 Å². The SMILES string of the molecule is CCNC(=NCCCCSC)NCCNC(=O)c1cccnc1. The highest BCUT2D eigenvalue weighted by molar-refractivity contribution is 7.98. The Morgan fingerprint density at radius 3 is 2.78 bits per heavy atom. The molecule has 1 heterocycles. The molecule has 0 radical (unpaired) electrons. The summed E-state index contributed by atoms with van der Waals surface area (Å²) in [5.41, 5.74) is 0.571. The quantitative estimate of drug-likeness (QED) is 0.343. The maximum absolute atomic E-state index is 11.9. The van der Waals surface area contributed by atoms with E-state index in [1.54, 1.807) is 24.5 Å². The predicted octanol–water partition coefficient (Wildman–Crippen LogP) is 1.51. The number of rotatable bonds is 10. The monoisotopic (exact) mass is 337 g/mol. The molecule has 1 aromatic heterocycles. The van der Waals surface area contributed by atoms with Crippen LogP contribution in [0.4, 0.5) is 0 Å². The number of nitrogens with one attached hydrogen (secondary N) is 3. The van der Waals surface area contributed by atoms with E-state index in [-0.39, 0.29) is 5.91 Å². The number of hydrogen-bond donors (Lipinski definition) is 3.